The zero-order valence-electron chi connectivity index (χ0n) is 16.0. The molecule has 5 heteroatoms. The van der Waals surface area contributed by atoms with E-state index in [0.29, 0.717) is 12.4 Å². The fourth-order valence-corrected chi connectivity index (χ4v) is 3.37. The van der Waals surface area contributed by atoms with Crippen molar-refractivity contribution in [2.75, 3.05) is 20.1 Å². The summed E-state index contributed by atoms with van der Waals surface area (Å²) in [6, 6.07) is 20.9. The Morgan fingerprint density at radius 2 is 1.79 bits per heavy atom. The third kappa shape index (κ3) is 4.43. The van der Waals surface area contributed by atoms with Gasteiger partial charge in [-0.05, 0) is 49.4 Å². The van der Waals surface area contributed by atoms with Crippen LogP contribution in [-0.4, -0.2) is 35.7 Å². The maximum absolute atomic E-state index is 12.5. The molecule has 0 bridgehead atoms. The van der Waals surface area contributed by atoms with E-state index in [1.807, 2.05) is 60.7 Å². The first-order valence-electron chi connectivity index (χ1n) is 9.52. The van der Waals surface area contributed by atoms with Crippen LogP contribution in [0.2, 0.25) is 0 Å². The Morgan fingerprint density at radius 1 is 1.00 bits per heavy atom. The first-order chi connectivity index (χ1) is 13.7. The second-order valence-corrected chi connectivity index (χ2v) is 7.13. The number of pyridine rings is 1. The van der Waals surface area contributed by atoms with Crippen LogP contribution in [0.15, 0.2) is 77.7 Å². The highest BCUT2D eigenvalue weighted by atomic mass is 16.5. The molecule has 1 saturated heterocycles. The standard InChI is InChI=1S/C23H24N2O3/c1-24-13-11-22(16-24)28-20-9-7-19(8-10-20)25-14-12-21(15-23(25)26)27-17-18-5-3-2-4-6-18/h2-10,12,14-15,22H,11,13,16-17H2,1H3. The normalized spacial score (nSPS) is 16.8. The maximum atomic E-state index is 12.5. The van der Waals surface area contributed by atoms with Gasteiger partial charge in [-0.1, -0.05) is 30.3 Å². The van der Waals surface area contributed by atoms with Gasteiger partial charge in [0.2, 0.25) is 0 Å². The molecule has 5 nitrogen and oxygen atoms in total. The van der Waals surface area contributed by atoms with Gasteiger partial charge in [-0.25, -0.2) is 0 Å². The Balaban J connectivity index is 1.41. The molecule has 1 aliphatic rings. The summed E-state index contributed by atoms with van der Waals surface area (Å²) in [7, 11) is 2.10. The van der Waals surface area contributed by atoms with Gasteiger partial charge in [0, 0.05) is 31.0 Å². The van der Waals surface area contributed by atoms with Gasteiger partial charge in [-0.2, -0.15) is 0 Å². The zero-order chi connectivity index (χ0) is 19.3. The lowest BCUT2D eigenvalue weighted by atomic mass is 10.2. The van der Waals surface area contributed by atoms with Gasteiger partial charge in [0.05, 0.1) is 0 Å². The summed E-state index contributed by atoms with van der Waals surface area (Å²) >= 11 is 0. The average molecular weight is 376 g/mol. The molecule has 2 heterocycles. The topological polar surface area (TPSA) is 43.7 Å². The predicted octanol–water partition coefficient (Wildman–Crippen LogP) is 3.50. The molecule has 144 valence electrons. The van der Waals surface area contributed by atoms with Gasteiger partial charge in [-0.3, -0.25) is 9.36 Å². The number of ether oxygens (including phenoxy) is 2. The lowest BCUT2D eigenvalue weighted by molar-refractivity contribution is 0.208. The first kappa shape index (κ1) is 18.3. The number of hydrogen-bond donors (Lipinski definition) is 0. The number of benzene rings is 2. The smallest absolute Gasteiger partial charge is 0.258 e. The van der Waals surface area contributed by atoms with Crippen LogP contribution < -0.4 is 15.0 Å². The van der Waals surface area contributed by atoms with Gasteiger partial charge in [0.1, 0.15) is 24.2 Å². The summed E-state index contributed by atoms with van der Waals surface area (Å²) in [5.74, 6) is 1.40. The molecule has 1 unspecified atom stereocenters. The molecule has 0 N–H and O–H groups in total. The Hall–Kier alpha value is -3.05. The number of nitrogens with zero attached hydrogens (tertiary/aromatic N) is 2. The Bertz CT molecular complexity index is 967. The molecule has 1 fully saturated rings. The molecule has 1 aliphatic heterocycles. The Morgan fingerprint density at radius 3 is 2.46 bits per heavy atom. The SMILES string of the molecule is CN1CCC(Oc2ccc(-n3ccc(OCc4ccccc4)cc3=O)cc2)C1. The number of rotatable bonds is 6. The van der Waals surface area contributed by atoms with Crippen LogP contribution in [0.4, 0.5) is 0 Å². The van der Waals surface area contributed by atoms with Crippen molar-refractivity contribution in [2.45, 2.75) is 19.1 Å². The molecule has 0 spiro atoms. The van der Waals surface area contributed by atoms with E-state index in [4.69, 9.17) is 9.47 Å². The second kappa shape index (κ2) is 8.31. The number of likely N-dealkylation sites (tertiary alicyclic amines) is 1. The zero-order valence-corrected chi connectivity index (χ0v) is 16.0. The number of hydrogen-bond acceptors (Lipinski definition) is 4. The Labute approximate surface area is 164 Å². The average Bonchev–Trinajstić information content (AvgIpc) is 3.13. The summed E-state index contributed by atoms with van der Waals surface area (Å²) in [5, 5.41) is 0. The first-order valence-corrected chi connectivity index (χ1v) is 9.52. The summed E-state index contributed by atoms with van der Waals surface area (Å²) in [4.78, 5) is 14.8. The Kier molecular flexibility index (Phi) is 5.44. The predicted molar refractivity (Wildman–Crippen MR) is 109 cm³/mol. The minimum absolute atomic E-state index is 0.128. The third-order valence-electron chi connectivity index (χ3n) is 4.91. The molecular weight excluding hydrogens is 352 g/mol. The van der Waals surface area contributed by atoms with Gasteiger partial charge < -0.3 is 14.4 Å². The minimum Gasteiger partial charge on any atom is -0.489 e. The monoisotopic (exact) mass is 376 g/mol. The van der Waals surface area contributed by atoms with Crippen molar-refractivity contribution in [2.24, 2.45) is 0 Å². The summed E-state index contributed by atoms with van der Waals surface area (Å²) in [6.07, 6.45) is 3.02. The van der Waals surface area contributed by atoms with Gasteiger partial charge >= 0.3 is 0 Å². The molecule has 3 aromatic rings. The second-order valence-electron chi connectivity index (χ2n) is 7.13. The van der Waals surface area contributed by atoms with Crippen molar-refractivity contribution >= 4 is 0 Å². The van der Waals surface area contributed by atoms with E-state index >= 15 is 0 Å². The van der Waals surface area contributed by atoms with E-state index in [1.54, 1.807) is 10.8 Å². The summed E-state index contributed by atoms with van der Waals surface area (Å²) in [6.45, 7) is 2.45. The fourth-order valence-electron chi connectivity index (χ4n) is 3.37. The number of likely N-dealkylation sites (N-methyl/N-ethyl adjacent to an activating group) is 1. The molecule has 2 aromatic carbocycles. The van der Waals surface area contributed by atoms with Crippen LogP contribution in [0.1, 0.15) is 12.0 Å². The highest BCUT2D eigenvalue weighted by molar-refractivity contribution is 5.38. The molecule has 0 saturated carbocycles. The third-order valence-corrected chi connectivity index (χ3v) is 4.91. The van der Waals surface area contributed by atoms with Gasteiger partial charge in [-0.15, -0.1) is 0 Å². The van der Waals surface area contributed by atoms with Crippen molar-refractivity contribution in [1.82, 2.24) is 9.47 Å². The van der Waals surface area contributed by atoms with E-state index in [9.17, 15) is 4.79 Å². The van der Waals surface area contributed by atoms with Crippen LogP contribution >= 0.6 is 0 Å². The molecule has 28 heavy (non-hydrogen) atoms. The van der Waals surface area contributed by atoms with E-state index in [-0.39, 0.29) is 11.7 Å². The van der Waals surface area contributed by atoms with Crippen LogP contribution in [0.3, 0.4) is 0 Å². The van der Waals surface area contributed by atoms with E-state index in [2.05, 4.69) is 11.9 Å². The molecule has 1 aromatic heterocycles. The van der Waals surface area contributed by atoms with Crippen LogP contribution in [0.5, 0.6) is 11.5 Å². The van der Waals surface area contributed by atoms with Crippen LogP contribution in [0, 0.1) is 0 Å². The molecule has 0 aliphatic carbocycles. The minimum atomic E-state index is -0.128. The lowest BCUT2D eigenvalue weighted by Crippen LogP contribution is -2.21. The molecule has 1 atom stereocenters. The van der Waals surface area contributed by atoms with E-state index in [1.165, 1.54) is 6.07 Å². The number of aromatic nitrogens is 1. The van der Waals surface area contributed by atoms with E-state index in [0.717, 1.165) is 36.5 Å². The molecule has 4 rings (SSSR count). The van der Waals surface area contributed by atoms with Gasteiger partial charge in [0.15, 0.2) is 0 Å². The summed E-state index contributed by atoms with van der Waals surface area (Å²) < 4.78 is 13.3. The van der Waals surface area contributed by atoms with Crippen molar-refractivity contribution in [3.05, 3.63) is 88.8 Å². The van der Waals surface area contributed by atoms with Crippen molar-refractivity contribution in [3.8, 4) is 17.2 Å². The molecular formula is C23H24N2O3. The quantitative estimate of drug-likeness (QED) is 0.660. The van der Waals surface area contributed by atoms with Gasteiger partial charge in [0.25, 0.3) is 5.56 Å². The highest BCUT2D eigenvalue weighted by Crippen LogP contribution is 2.20. The largest absolute Gasteiger partial charge is 0.489 e. The van der Waals surface area contributed by atoms with Crippen LogP contribution in [0.25, 0.3) is 5.69 Å². The van der Waals surface area contributed by atoms with Crippen LogP contribution in [-0.2, 0) is 6.61 Å². The van der Waals surface area contributed by atoms with Crippen molar-refractivity contribution < 1.29 is 9.47 Å². The maximum Gasteiger partial charge on any atom is 0.258 e. The molecule has 0 amide bonds. The van der Waals surface area contributed by atoms with E-state index < -0.39 is 0 Å². The van der Waals surface area contributed by atoms with Crippen molar-refractivity contribution in [3.63, 3.8) is 0 Å². The van der Waals surface area contributed by atoms with Crippen molar-refractivity contribution in [1.29, 1.82) is 0 Å². The summed E-state index contributed by atoms with van der Waals surface area (Å²) in [5.41, 5.74) is 1.74. The lowest BCUT2D eigenvalue weighted by Gasteiger charge is -2.14. The highest BCUT2D eigenvalue weighted by Gasteiger charge is 2.20. The fraction of sp³-hybridized carbons (Fsp3) is 0.261. The molecule has 0 radical (unpaired) electrons.